The number of benzene rings is 3. The summed E-state index contributed by atoms with van der Waals surface area (Å²) in [5.74, 6) is -0.808. The van der Waals surface area contributed by atoms with Crippen molar-refractivity contribution < 1.29 is 19.1 Å². The van der Waals surface area contributed by atoms with Crippen LogP contribution in [0.25, 0.3) is 0 Å². The number of methoxy groups -OCH3 is 1. The van der Waals surface area contributed by atoms with Crippen LogP contribution in [0.2, 0.25) is 0 Å². The quantitative estimate of drug-likeness (QED) is 0.522. The Labute approximate surface area is 187 Å². The van der Waals surface area contributed by atoms with Gasteiger partial charge >= 0.3 is 5.97 Å². The van der Waals surface area contributed by atoms with Crippen molar-refractivity contribution in [3.63, 3.8) is 0 Å². The topological polar surface area (TPSA) is 87.7 Å². The summed E-state index contributed by atoms with van der Waals surface area (Å²) in [5.41, 5.74) is 2.99. The molecule has 2 amide bonds. The lowest BCUT2D eigenvalue weighted by Gasteiger charge is -2.21. The van der Waals surface area contributed by atoms with Crippen LogP contribution < -0.4 is 15.5 Å². The summed E-state index contributed by atoms with van der Waals surface area (Å²) in [4.78, 5) is 38.4. The monoisotopic (exact) mass is 431 g/mol. The van der Waals surface area contributed by atoms with Gasteiger partial charge in [0, 0.05) is 29.2 Å². The molecule has 0 aliphatic carbocycles. The molecule has 3 aromatic carbocycles. The van der Waals surface area contributed by atoms with Crippen molar-refractivity contribution in [2.75, 3.05) is 35.7 Å². The third-order valence-electron chi connectivity index (χ3n) is 4.78. The normalized spacial score (nSPS) is 10.2. The van der Waals surface area contributed by atoms with Crippen molar-refractivity contribution in [3.05, 3.63) is 90.0 Å². The zero-order valence-electron chi connectivity index (χ0n) is 18.0. The number of hydrogen-bond donors (Lipinski definition) is 2. The molecule has 7 nitrogen and oxygen atoms in total. The number of amides is 2. The zero-order chi connectivity index (χ0) is 22.9. The first-order chi connectivity index (χ1) is 15.5. The van der Waals surface area contributed by atoms with Crippen LogP contribution in [0.5, 0.6) is 0 Å². The molecule has 0 unspecified atom stereocenters. The molecule has 0 heterocycles. The van der Waals surface area contributed by atoms with Gasteiger partial charge in [-0.2, -0.15) is 0 Å². The van der Waals surface area contributed by atoms with Gasteiger partial charge in [0.15, 0.2) is 0 Å². The van der Waals surface area contributed by atoms with Gasteiger partial charge in [0.1, 0.15) is 0 Å². The number of nitrogens with one attached hydrogen (secondary N) is 2. The van der Waals surface area contributed by atoms with Crippen molar-refractivity contribution in [1.82, 2.24) is 0 Å². The van der Waals surface area contributed by atoms with Crippen molar-refractivity contribution in [2.45, 2.75) is 6.92 Å². The third kappa shape index (κ3) is 5.72. The number of carbonyl (C=O) groups excluding carboxylic acids is 3. The molecule has 0 aromatic heterocycles. The van der Waals surface area contributed by atoms with Gasteiger partial charge in [0.25, 0.3) is 5.91 Å². The molecule has 2 N–H and O–H groups in total. The zero-order valence-corrected chi connectivity index (χ0v) is 18.0. The van der Waals surface area contributed by atoms with E-state index in [0.717, 1.165) is 5.69 Å². The SMILES string of the molecule is CCN(C(=O)c1cccc(NCC(=O)Nc2ccc(C(=O)OC)cc2)c1)c1ccccc1. The fourth-order valence-electron chi connectivity index (χ4n) is 3.16. The molecule has 0 spiro atoms. The van der Waals surface area contributed by atoms with Crippen LogP contribution in [0, 0.1) is 0 Å². The molecule has 0 bridgehead atoms. The molecule has 3 aromatic rings. The molecule has 3 rings (SSSR count). The molecule has 0 saturated heterocycles. The lowest BCUT2D eigenvalue weighted by Crippen LogP contribution is -2.30. The number of carbonyl (C=O) groups is 3. The molecule has 0 radical (unpaired) electrons. The van der Waals surface area contributed by atoms with Gasteiger partial charge in [-0.1, -0.05) is 24.3 Å². The average molecular weight is 431 g/mol. The van der Waals surface area contributed by atoms with Crippen molar-refractivity contribution in [3.8, 4) is 0 Å². The molecule has 32 heavy (non-hydrogen) atoms. The summed E-state index contributed by atoms with van der Waals surface area (Å²) in [6.45, 7) is 2.49. The van der Waals surface area contributed by atoms with Crippen LogP contribution in [0.4, 0.5) is 17.1 Å². The second-order valence-corrected chi connectivity index (χ2v) is 6.94. The van der Waals surface area contributed by atoms with E-state index in [9.17, 15) is 14.4 Å². The third-order valence-corrected chi connectivity index (χ3v) is 4.78. The summed E-state index contributed by atoms with van der Waals surface area (Å²) in [7, 11) is 1.31. The van der Waals surface area contributed by atoms with Gasteiger partial charge in [-0.05, 0) is 61.5 Å². The maximum Gasteiger partial charge on any atom is 0.337 e. The van der Waals surface area contributed by atoms with Gasteiger partial charge < -0.3 is 20.3 Å². The number of esters is 1. The largest absolute Gasteiger partial charge is 0.465 e. The highest BCUT2D eigenvalue weighted by Crippen LogP contribution is 2.19. The van der Waals surface area contributed by atoms with Gasteiger partial charge in [-0.25, -0.2) is 4.79 Å². The van der Waals surface area contributed by atoms with E-state index in [1.807, 2.05) is 37.3 Å². The summed E-state index contributed by atoms with van der Waals surface area (Å²) in [6.07, 6.45) is 0. The van der Waals surface area contributed by atoms with Gasteiger partial charge in [-0.15, -0.1) is 0 Å². The highest BCUT2D eigenvalue weighted by Gasteiger charge is 2.16. The molecule has 0 aliphatic heterocycles. The Hall–Kier alpha value is -4.13. The fraction of sp³-hybridized carbons (Fsp3) is 0.160. The summed E-state index contributed by atoms with van der Waals surface area (Å²) in [5, 5.41) is 5.79. The fourth-order valence-corrected chi connectivity index (χ4v) is 3.16. The van der Waals surface area contributed by atoms with E-state index in [0.29, 0.717) is 29.0 Å². The van der Waals surface area contributed by atoms with Crippen LogP contribution in [-0.4, -0.2) is 38.0 Å². The maximum atomic E-state index is 13.0. The lowest BCUT2D eigenvalue weighted by molar-refractivity contribution is -0.114. The maximum absolute atomic E-state index is 13.0. The first-order valence-electron chi connectivity index (χ1n) is 10.2. The lowest BCUT2D eigenvalue weighted by atomic mass is 10.1. The van der Waals surface area contributed by atoms with Gasteiger partial charge in [0.05, 0.1) is 19.2 Å². The molecule has 0 atom stereocenters. The van der Waals surface area contributed by atoms with Crippen molar-refractivity contribution in [1.29, 1.82) is 0 Å². The summed E-state index contributed by atoms with van der Waals surface area (Å²) < 4.78 is 4.65. The van der Waals surface area contributed by atoms with Crippen molar-refractivity contribution >= 4 is 34.8 Å². The van der Waals surface area contributed by atoms with Crippen molar-refractivity contribution in [2.24, 2.45) is 0 Å². The van der Waals surface area contributed by atoms with E-state index >= 15 is 0 Å². The van der Waals surface area contributed by atoms with E-state index in [1.54, 1.807) is 53.4 Å². The Morgan fingerprint density at radius 3 is 2.22 bits per heavy atom. The van der Waals surface area contributed by atoms with Crippen LogP contribution in [0.3, 0.4) is 0 Å². The van der Waals surface area contributed by atoms with Gasteiger partial charge in [-0.3, -0.25) is 9.59 Å². The number of ether oxygens (including phenoxy) is 1. The summed E-state index contributed by atoms with van der Waals surface area (Å²) >= 11 is 0. The first kappa shape index (κ1) is 22.6. The van der Waals surface area contributed by atoms with Gasteiger partial charge in [0.2, 0.25) is 5.91 Å². The Balaban J connectivity index is 1.60. The molecular weight excluding hydrogens is 406 g/mol. The van der Waals surface area contributed by atoms with Crippen LogP contribution in [0.1, 0.15) is 27.6 Å². The molecule has 7 heteroatoms. The number of para-hydroxylation sites is 1. The minimum absolute atomic E-state index is 0.0204. The smallest absolute Gasteiger partial charge is 0.337 e. The van der Waals surface area contributed by atoms with E-state index in [2.05, 4.69) is 15.4 Å². The Morgan fingerprint density at radius 2 is 1.56 bits per heavy atom. The predicted molar refractivity (Wildman–Crippen MR) is 125 cm³/mol. The average Bonchev–Trinajstić information content (AvgIpc) is 2.84. The molecule has 0 aliphatic rings. The second kappa shape index (κ2) is 10.8. The Kier molecular flexibility index (Phi) is 7.59. The first-order valence-corrected chi connectivity index (χ1v) is 10.2. The van der Waals surface area contributed by atoms with E-state index in [1.165, 1.54) is 7.11 Å². The molecule has 0 fully saturated rings. The van der Waals surface area contributed by atoms with E-state index < -0.39 is 5.97 Å². The Bertz CT molecular complexity index is 1080. The summed E-state index contributed by atoms with van der Waals surface area (Å²) in [6, 6.07) is 23.0. The Morgan fingerprint density at radius 1 is 0.844 bits per heavy atom. The highest BCUT2D eigenvalue weighted by molar-refractivity contribution is 6.06. The predicted octanol–water partition coefficient (Wildman–Crippen LogP) is 4.19. The second-order valence-electron chi connectivity index (χ2n) is 6.94. The minimum atomic E-state index is -0.437. The standard InChI is InChI=1S/C25H25N3O4/c1-3-28(22-10-5-4-6-11-22)24(30)19-8-7-9-21(16-19)26-17-23(29)27-20-14-12-18(13-15-20)25(31)32-2/h4-16,26H,3,17H2,1-2H3,(H,27,29). The number of nitrogens with zero attached hydrogens (tertiary/aromatic N) is 1. The number of hydrogen-bond acceptors (Lipinski definition) is 5. The number of anilines is 3. The molecular formula is C25H25N3O4. The number of rotatable bonds is 8. The highest BCUT2D eigenvalue weighted by atomic mass is 16.5. The van der Waals surface area contributed by atoms with E-state index in [4.69, 9.17) is 0 Å². The molecule has 0 saturated carbocycles. The van der Waals surface area contributed by atoms with E-state index in [-0.39, 0.29) is 18.4 Å². The van der Waals surface area contributed by atoms with Crippen LogP contribution in [0.15, 0.2) is 78.9 Å². The minimum Gasteiger partial charge on any atom is -0.465 e. The van der Waals surface area contributed by atoms with Crippen LogP contribution >= 0.6 is 0 Å². The van der Waals surface area contributed by atoms with Crippen LogP contribution in [-0.2, 0) is 9.53 Å². The molecule has 164 valence electrons.